The van der Waals surface area contributed by atoms with E-state index in [2.05, 4.69) is 19.2 Å². The fourth-order valence-electron chi connectivity index (χ4n) is 4.76. The van der Waals surface area contributed by atoms with Gasteiger partial charge in [0, 0.05) is 6.42 Å². The third-order valence-electron chi connectivity index (χ3n) is 7.27. The molecule has 0 aliphatic carbocycles. The van der Waals surface area contributed by atoms with E-state index in [1.807, 2.05) is 6.08 Å². The number of nitrogens with one attached hydrogen (secondary N) is 1. The highest BCUT2D eigenvalue weighted by atomic mass is 16.3. The van der Waals surface area contributed by atoms with Crippen molar-refractivity contribution in [2.75, 3.05) is 6.61 Å². The van der Waals surface area contributed by atoms with Crippen LogP contribution in [0, 0.1) is 0 Å². The Bertz CT molecular complexity index is 480. The standard InChI is InChI=1S/C32H63NO3/c1-3-5-7-9-11-13-15-16-18-19-21-23-25-27-31(35)30(29-34)33-32(36)28-26-24-22-20-17-14-12-10-8-6-4-2/h25,27,30-31,34-35H,3-24,26,28-29H2,1-2H3,(H,33,36)/b27-25+/t30-,31-/m1/s1. The Hall–Kier alpha value is -0.870. The summed E-state index contributed by atoms with van der Waals surface area (Å²) in [5.74, 6) is -0.0669. The van der Waals surface area contributed by atoms with Crippen molar-refractivity contribution in [3.05, 3.63) is 12.2 Å². The molecule has 0 bridgehead atoms. The van der Waals surface area contributed by atoms with E-state index >= 15 is 0 Å². The monoisotopic (exact) mass is 509 g/mol. The van der Waals surface area contributed by atoms with Crippen molar-refractivity contribution in [2.45, 2.75) is 180 Å². The summed E-state index contributed by atoms with van der Waals surface area (Å²) < 4.78 is 0. The van der Waals surface area contributed by atoms with Gasteiger partial charge in [0.1, 0.15) is 0 Å². The number of hydrogen-bond acceptors (Lipinski definition) is 3. The summed E-state index contributed by atoms with van der Waals surface area (Å²) in [5.41, 5.74) is 0. The van der Waals surface area contributed by atoms with Gasteiger partial charge in [-0.05, 0) is 19.3 Å². The molecule has 214 valence electrons. The molecule has 0 radical (unpaired) electrons. The maximum Gasteiger partial charge on any atom is 0.220 e. The molecule has 36 heavy (non-hydrogen) atoms. The van der Waals surface area contributed by atoms with Gasteiger partial charge >= 0.3 is 0 Å². The molecule has 0 saturated carbocycles. The summed E-state index contributed by atoms with van der Waals surface area (Å²) in [5, 5.41) is 22.7. The zero-order valence-electron chi connectivity index (χ0n) is 24.3. The Labute approximate surface area is 225 Å². The minimum atomic E-state index is -0.830. The van der Waals surface area contributed by atoms with Crippen molar-refractivity contribution in [2.24, 2.45) is 0 Å². The van der Waals surface area contributed by atoms with E-state index in [0.717, 1.165) is 25.7 Å². The maximum atomic E-state index is 12.2. The Balaban J connectivity index is 3.66. The number of carbonyl (C=O) groups is 1. The summed E-state index contributed by atoms with van der Waals surface area (Å²) >= 11 is 0. The first-order chi connectivity index (χ1) is 17.7. The van der Waals surface area contributed by atoms with Gasteiger partial charge in [-0.1, -0.05) is 154 Å². The molecule has 1 amide bonds. The molecule has 0 aliphatic rings. The summed E-state index contributed by atoms with van der Waals surface area (Å²) in [4.78, 5) is 12.2. The molecule has 4 nitrogen and oxygen atoms in total. The zero-order chi connectivity index (χ0) is 26.5. The molecular formula is C32H63NO3. The van der Waals surface area contributed by atoms with Crippen LogP contribution >= 0.6 is 0 Å². The number of amides is 1. The first-order valence-corrected chi connectivity index (χ1v) is 15.9. The third-order valence-corrected chi connectivity index (χ3v) is 7.27. The summed E-state index contributed by atoms with van der Waals surface area (Å²) in [6, 6.07) is -0.612. The van der Waals surface area contributed by atoms with E-state index in [1.165, 1.54) is 122 Å². The lowest BCUT2D eigenvalue weighted by Gasteiger charge is -2.20. The minimum absolute atomic E-state index is 0.0669. The van der Waals surface area contributed by atoms with E-state index < -0.39 is 12.1 Å². The topological polar surface area (TPSA) is 69.6 Å². The Morgan fingerprint density at radius 3 is 1.44 bits per heavy atom. The van der Waals surface area contributed by atoms with Crippen LogP contribution in [0.4, 0.5) is 0 Å². The van der Waals surface area contributed by atoms with Gasteiger partial charge in [-0.15, -0.1) is 0 Å². The van der Waals surface area contributed by atoms with E-state index in [-0.39, 0.29) is 12.5 Å². The van der Waals surface area contributed by atoms with Crippen molar-refractivity contribution in [3.63, 3.8) is 0 Å². The second kappa shape index (κ2) is 28.7. The van der Waals surface area contributed by atoms with Crippen molar-refractivity contribution in [3.8, 4) is 0 Å². The van der Waals surface area contributed by atoms with E-state index in [9.17, 15) is 15.0 Å². The molecule has 0 heterocycles. The minimum Gasteiger partial charge on any atom is -0.394 e. The first kappa shape index (κ1) is 35.1. The Kier molecular flexibility index (Phi) is 28.0. The molecule has 0 rings (SSSR count). The quantitative estimate of drug-likeness (QED) is 0.0729. The molecular weight excluding hydrogens is 446 g/mol. The Morgan fingerprint density at radius 2 is 1.03 bits per heavy atom. The van der Waals surface area contributed by atoms with Gasteiger partial charge in [-0.25, -0.2) is 0 Å². The van der Waals surface area contributed by atoms with Crippen LogP contribution in [0.5, 0.6) is 0 Å². The van der Waals surface area contributed by atoms with Crippen LogP contribution in [0.15, 0.2) is 12.2 Å². The van der Waals surface area contributed by atoms with E-state index in [4.69, 9.17) is 0 Å². The molecule has 0 aromatic heterocycles. The van der Waals surface area contributed by atoms with Gasteiger partial charge in [-0.2, -0.15) is 0 Å². The largest absolute Gasteiger partial charge is 0.394 e. The third kappa shape index (κ3) is 24.8. The van der Waals surface area contributed by atoms with Crippen molar-refractivity contribution < 1.29 is 15.0 Å². The van der Waals surface area contributed by atoms with Gasteiger partial charge in [0.05, 0.1) is 18.8 Å². The van der Waals surface area contributed by atoms with Gasteiger partial charge in [0.15, 0.2) is 0 Å². The van der Waals surface area contributed by atoms with Crippen LogP contribution < -0.4 is 5.32 Å². The van der Waals surface area contributed by atoms with Crippen LogP contribution in [0.1, 0.15) is 168 Å². The van der Waals surface area contributed by atoms with Gasteiger partial charge in [0.25, 0.3) is 0 Å². The van der Waals surface area contributed by atoms with Crippen LogP contribution in [0.2, 0.25) is 0 Å². The predicted molar refractivity (Wildman–Crippen MR) is 156 cm³/mol. The molecule has 0 aromatic rings. The SMILES string of the molecule is CCCCCCCCCCCCC/C=C/[C@@H](O)[C@@H](CO)NC(=O)CCCCCCCCCCCCC. The lowest BCUT2D eigenvalue weighted by atomic mass is 10.0. The summed E-state index contributed by atoms with van der Waals surface area (Å²) in [7, 11) is 0. The van der Waals surface area contributed by atoms with Gasteiger partial charge < -0.3 is 15.5 Å². The van der Waals surface area contributed by atoms with Gasteiger partial charge in [-0.3, -0.25) is 4.79 Å². The number of unbranched alkanes of at least 4 members (excludes halogenated alkanes) is 21. The number of rotatable bonds is 28. The molecule has 0 spiro atoms. The molecule has 0 fully saturated rings. The Morgan fingerprint density at radius 1 is 0.639 bits per heavy atom. The van der Waals surface area contributed by atoms with Crippen LogP contribution in [0.25, 0.3) is 0 Å². The zero-order valence-corrected chi connectivity index (χ0v) is 24.3. The average molecular weight is 510 g/mol. The summed E-state index contributed by atoms with van der Waals surface area (Å²) in [6.45, 7) is 4.28. The first-order valence-electron chi connectivity index (χ1n) is 15.9. The fraction of sp³-hybridized carbons (Fsp3) is 0.906. The van der Waals surface area contributed by atoms with Crippen LogP contribution in [-0.2, 0) is 4.79 Å². The van der Waals surface area contributed by atoms with E-state index in [1.54, 1.807) is 6.08 Å². The molecule has 0 unspecified atom stereocenters. The van der Waals surface area contributed by atoms with Crippen LogP contribution in [-0.4, -0.2) is 34.9 Å². The highest BCUT2D eigenvalue weighted by molar-refractivity contribution is 5.76. The van der Waals surface area contributed by atoms with Crippen molar-refractivity contribution in [1.29, 1.82) is 0 Å². The normalized spacial score (nSPS) is 13.3. The number of aliphatic hydroxyl groups excluding tert-OH is 2. The maximum absolute atomic E-state index is 12.2. The number of allylic oxidation sites excluding steroid dienone is 1. The number of hydrogen-bond donors (Lipinski definition) is 3. The second-order valence-corrected chi connectivity index (χ2v) is 10.9. The molecule has 0 aromatic carbocycles. The van der Waals surface area contributed by atoms with E-state index in [0.29, 0.717) is 6.42 Å². The second-order valence-electron chi connectivity index (χ2n) is 10.9. The lowest BCUT2D eigenvalue weighted by molar-refractivity contribution is -0.123. The van der Waals surface area contributed by atoms with Crippen molar-refractivity contribution in [1.82, 2.24) is 5.32 Å². The molecule has 0 aliphatic heterocycles. The molecule has 0 saturated heterocycles. The molecule has 4 heteroatoms. The molecule has 2 atom stereocenters. The lowest BCUT2D eigenvalue weighted by Crippen LogP contribution is -2.45. The summed E-state index contributed by atoms with van der Waals surface area (Å²) in [6.07, 6.45) is 32.8. The number of aliphatic hydroxyl groups is 2. The smallest absolute Gasteiger partial charge is 0.220 e. The predicted octanol–water partition coefficient (Wildman–Crippen LogP) is 8.78. The highest BCUT2D eigenvalue weighted by Gasteiger charge is 2.17. The van der Waals surface area contributed by atoms with Gasteiger partial charge in [0.2, 0.25) is 5.91 Å². The molecule has 3 N–H and O–H groups in total. The highest BCUT2D eigenvalue weighted by Crippen LogP contribution is 2.13. The van der Waals surface area contributed by atoms with Crippen molar-refractivity contribution >= 4 is 5.91 Å². The van der Waals surface area contributed by atoms with Crippen LogP contribution in [0.3, 0.4) is 0 Å². The average Bonchev–Trinajstić information content (AvgIpc) is 2.88. The fourth-order valence-corrected chi connectivity index (χ4v) is 4.76. The number of carbonyl (C=O) groups excluding carboxylic acids is 1.